The number of rotatable bonds is 10. The Kier molecular flexibility index (Phi) is 8.28. The monoisotopic (exact) mass is 503 g/mol. The summed E-state index contributed by atoms with van der Waals surface area (Å²) in [6, 6.07) is 10.4. The smallest absolute Gasteiger partial charge is 0.306 e. The van der Waals surface area contributed by atoms with Crippen LogP contribution in [0.5, 0.6) is 11.5 Å². The van der Waals surface area contributed by atoms with Crippen molar-refractivity contribution in [2.75, 3.05) is 12.4 Å². The molecular formula is C23H26FN5O5S. The molecule has 0 aliphatic carbocycles. The molecule has 12 heteroatoms. The molecule has 35 heavy (non-hydrogen) atoms. The summed E-state index contributed by atoms with van der Waals surface area (Å²) in [5, 5.41) is 22.0. The number of hydrogen-bond donors (Lipinski definition) is 1. The molecule has 2 unspecified atom stereocenters. The van der Waals surface area contributed by atoms with E-state index in [1.165, 1.54) is 17.8 Å². The van der Waals surface area contributed by atoms with Crippen LogP contribution >= 0.6 is 11.8 Å². The second-order valence-corrected chi connectivity index (χ2v) is 9.20. The van der Waals surface area contributed by atoms with Crippen LogP contribution in [0.4, 0.5) is 15.8 Å². The third-order valence-corrected chi connectivity index (χ3v) is 6.06. The number of carbonyl (C=O) groups is 1. The van der Waals surface area contributed by atoms with Crippen LogP contribution in [0.15, 0.2) is 47.6 Å². The normalized spacial score (nSPS) is 12.8. The van der Waals surface area contributed by atoms with Gasteiger partial charge in [-0.05, 0) is 52.0 Å². The molecule has 2 aromatic carbocycles. The molecule has 1 aromatic heterocycles. The van der Waals surface area contributed by atoms with Gasteiger partial charge in [0.1, 0.15) is 0 Å². The number of amides is 1. The van der Waals surface area contributed by atoms with Gasteiger partial charge in [0, 0.05) is 17.8 Å². The lowest BCUT2D eigenvalue weighted by molar-refractivity contribution is -0.387. The Morgan fingerprint density at radius 3 is 2.46 bits per heavy atom. The number of nitro groups is 1. The topological polar surface area (TPSA) is 121 Å². The van der Waals surface area contributed by atoms with Gasteiger partial charge in [0.15, 0.2) is 28.6 Å². The van der Waals surface area contributed by atoms with E-state index in [-0.39, 0.29) is 11.7 Å². The molecule has 0 aliphatic rings. The highest BCUT2D eigenvalue weighted by Crippen LogP contribution is 2.33. The maximum absolute atomic E-state index is 13.6. The maximum Gasteiger partial charge on any atom is 0.306 e. The Balaban J connectivity index is 1.76. The molecule has 0 fully saturated rings. The Bertz CT molecular complexity index is 1220. The molecule has 0 bridgehead atoms. The predicted octanol–water partition coefficient (Wildman–Crippen LogP) is 5.17. The van der Waals surface area contributed by atoms with Gasteiger partial charge in [0.2, 0.25) is 11.7 Å². The molecule has 3 rings (SSSR count). The summed E-state index contributed by atoms with van der Waals surface area (Å²) in [7, 11) is 1.56. The summed E-state index contributed by atoms with van der Waals surface area (Å²) in [5.41, 5.74) is -0.586. The third-order valence-electron chi connectivity index (χ3n) is 5.01. The van der Waals surface area contributed by atoms with Gasteiger partial charge >= 0.3 is 5.69 Å². The quantitative estimate of drug-likeness (QED) is 0.228. The van der Waals surface area contributed by atoms with Crippen molar-refractivity contribution in [3.63, 3.8) is 0 Å². The third kappa shape index (κ3) is 6.07. The zero-order chi connectivity index (χ0) is 25.7. The molecular weight excluding hydrogens is 477 g/mol. The number of nitro benzene ring substituents is 1. The average molecular weight is 504 g/mol. The van der Waals surface area contributed by atoms with Gasteiger partial charge in [-0.15, -0.1) is 10.2 Å². The first kappa shape index (κ1) is 25.9. The van der Waals surface area contributed by atoms with E-state index in [4.69, 9.17) is 9.47 Å². The number of halogens is 1. The average Bonchev–Trinajstić information content (AvgIpc) is 3.24. The van der Waals surface area contributed by atoms with Crippen molar-refractivity contribution in [1.29, 1.82) is 0 Å². The molecule has 1 amide bonds. The Morgan fingerprint density at radius 1 is 1.14 bits per heavy atom. The fraction of sp³-hybridized carbons (Fsp3) is 0.348. The van der Waals surface area contributed by atoms with E-state index in [1.54, 1.807) is 26.2 Å². The highest BCUT2D eigenvalue weighted by molar-refractivity contribution is 8.00. The summed E-state index contributed by atoms with van der Waals surface area (Å²) < 4.78 is 26.9. The second-order valence-electron chi connectivity index (χ2n) is 7.89. The number of hydrogen-bond acceptors (Lipinski definition) is 8. The van der Waals surface area contributed by atoms with Crippen molar-refractivity contribution >= 4 is 29.0 Å². The van der Waals surface area contributed by atoms with E-state index in [0.717, 1.165) is 12.1 Å². The van der Waals surface area contributed by atoms with Crippen LogP contribution < -0.4 is 14.8 Å². The highest BCUT2D eigenvalue weighted by atomic mass is 32.2. The predicted molar refractivity (Wildman–Crippen MR) is 129 cm³/mol. The molecule has 0 aliphatic heterocycles. The largest absolute Gasteiger partial charge is 0.493 e. The fourth-order valence-corrected chi connectivity index (χ4v) is 4.26. The van der Waals surface area contributed by atoms with Gasteiger partial charge in [0.25, 0.3) is 0 Å². The standard InChI is InChI=1S/C23H26FN5O5S/c1-13(2)28-21(14(3)34-20-9-7-6-8-19(20)33-5)26-27-23(28)35-15(4)22(30)25-16-10-11-17(24)18(12-16)29(31)32/h6-15H,1-5H3,(H,25,30). The van der Waals surface area contributed by atoms with Gasteiger partial charge < -0.3 is 19.4 Å². The number of thioether (sulfide) groups is 1. The summed E-state index contributed by atoms with van der Waals surface area (Å²) in [6.45, 7) is 7.46. The first-order valence-electron chi connectivity index (χ1n) is 10.8. The maximum atomic E-state index is 13.6. The van der Waals surface area contributed by atoms with Gasteiger partial charge in [-0.1, -0.05) is 23.9 Å². The summed E-state index contributed by atoms with van der Waals surface area (Å²) in [4.78, 5) is 22.8. The molecule has 2 atom stereocenters. The van der Waals surface area contributed by atoms with Gasteiger partial charge in [0.05, 0.1) is 17.3 Å². The van der Waals surface area contributed by atoms with Crippen molar-refractivity contribution in [2.24, 2.45) is 0 Å². The molecule has 0 spiro atoms. The van der Waals surface area contributed by atoms with Crippen LogP contribution in [0, 0.1) is 15.9 Å². The minimum Gasteiger partial charge on any atom is -0.493 e. The Labute approximate surface area is 206 Å². The van der Waals surface area contributed by atoms with Crippen LogP contribution in [-0.2, 0) is 4.79 Å². The first-order chi connectivity index (χ1) is 16.6. The lowest BCUT2D eigenvalue weighted by Crippen LogP contribution is -2.23. The van der Waals surface area contributed by atoms with Crippen molar-refractivity contribution in [1.82, 2.24) is 14.8 Å². The first-order valence-corrected chi connectivity index (χ1v) is 11.7. The minimum atomic E-state index is -0.975. The highest BCUT2D eigenvalue weighted by Gasteiger charge is 2.26. The zero-order valence-electron chi connectivity index (χ0n) is 19.9. The number of carbonyl (C=O) groups excluding carboxylic acids is 1. The van der Waals surface area contributed by atoms with Crippen molar-refractivity contribution < 1.29 is 23.6 Å². The van der Waals surface area contributed by atoms with Gasteiger partial charge in [-0.25, -0.2) is 0 Å². The van der Waals surface area contributed by atoms with Crippen molar-refractivity contribution in [3.8, 4) is 11.5 Å². The summed E-state index contributed by atoms with van der Waals surface area (Å²) >= 11 is 1.18. The van der Waals surface area contributed by atoms with Crippen LogP contribution in [0.1, 0.15) is 45.7 Å². The molecule has 0 saturated carbocycles. The lowest BCUT2D eigenvalue weighted by atomic mass is 10.2. The Morgan fingerprint density at radius 2 is 1.83 bits per heavy atom. The van der Waals surface area contributed by atoms with Crippen molar-refractivity contribution in [2.45, 2.75) is 50.2 Å². The van der Waals surface area contributed by atoms with E-state index in [0.29, 0.717) is 22.5 Å². The van der Waals surface area contributed by atoms with Crippen LogP contribution in [0.2, 0.25) is 0 Å². The van der Waals surface area contributed by atoms with Gasteiger partial charge in [-0.3, -0.25) is 14.9 Å². The number of ether oxygens (including phenoxy) is 2. The molecule has 10 nitrogen and oxygen atoms in total. The van der Waals surface area contributed by atoms with Crippen LogP contribution in [0.25, 0.3) is 0 Å². The molecule has 0 saturated heterocycles. The number of anilines is 1. The summed E-state index contributed by atoms with van der Waals surface area (Å²) in [6.07, 6.45) is -0.459. The fourth-order valence-electron chi connectivity index (χ4n) is 3.28. The number of para-hydroxylation sites is 2. The zero-order valence-corrected chi connectivity index (χ0v) is 20.7. The molecule has 1 N–H and O–H groups in total. The van der Waals surface area contributed by atoms with Crippen LogP contribution in [0.3, 0.4) is 0 Å². The summed E-state index contributed by atoms with van der Waals surface area (Å²) in [5.74, 6) is 0.341. The molecule has 3 aromatic rings. The van der Waals surface area contributed by atoms with Crippen molar-refractivity contribution in [3.05, 3.63) is 64.2 Å². The molecule has 1 heterocycles. The number of aromatic nitrogens is 3. The molecule has 0 radical (unpaired) electrons. The van der Waals surface area contributed by atoms with E-state index in [9.17, 15) is 19.3 Å². The number of nitrogens with zero attached hydrogens (tertiary/aromatic N) is 4. The number of methoxy groups -OCH3 is 1. The van der Waals surface area contributed by atoms with E-state index < -0.39 is 33.7 Å². The number of benzene rings is 2. The second kappa shape index (κ2) is 11.2. The van der Waals surface area contributed by atoms with E-state index in [2.05, 4.69) is 15.5 Å². The molecule has 186 valence electrons. The van der Waals surface area contributed by atoms with E-state index >= 15 is 0 Å². The van der Waals surface area contributed by atoms with E-state index in [1.807, 2.05) is 37.5 Å². The Hall–Kier alpha value is -3.67. The van der Waals surface area contributed by atoms with Gasteiger partial charge in [-0.2, -0.15) is 4.39 Å². The minimum absolute atomic E-state index is 0.0266. The lowest BCUT2D eigenvalue weighted by Gasteiger charge is -2.20. The van der Waals surface area contributed by atoms with Crippen LogP contribution in [-0.4, -0.2) is 38.0 Å². The SMILES string of the molecule is COc1ccccc1OC(C)c1nnc(SC(C)C(=O)Nc2ccc(F)c([N+](=O)[O-])c2)n1C(C)C. The number of nitrogens with one attached hydrogen (secondary N) is 1.